The van der Waals surface area contributed by atoms with Crippen molar-refractivity contribution in [3.8, 4) is 11.5 Å². The zero-order valence-electron chi connectivity index (χ0n) is 17.1. The number of phenols is 2. The molecule has 4 heteroatoms. The summed E-state index contributed by atoms with van der Waals surface area (Å²) in [6.45, 7) is 2.46. The number of hydrogen-bond acceptors (Lipinski definition) is 3. The van der Waals surface area contributed by atoms with Gasteiger partial charge in [0.1, 0.15) is 11.5 Å². The number of nitrogens with one attached hydrogen (secondary N) is 1. The smallest absolute Gasteiger partial charge is 0.219 e. The van der Waals surface area contributed by atoms with E-state index in [9.17, 15) is 15.0 Å². The van der Waals surface area contributed by atoms with Gasteiger partial charge in [-0.05, 0) is 64.9 Å². The SMILES string of the molecule is CCC(=O)NCCCC(=C(c1ccc(O)cc1)c1ccc(O)cc1)c1ccccc1. The molecular weight excluding hydrogens is 374 g/mol. The monoisotopic (exact) mass is 401 g/mol. The van der Waals surface area contributed by atoms with Gasteiger partial charge < -0.3 is 15.5 Å². The van der Waals surface area contributed by atoms with Gasteiger partial charge >= 0.3 is 0 Å². The largest absolute Gasteiger partial charge is 0.508 e. The van der Waals surface area contributed by atoms with Gasteiger partial charge in [0.2, 0.25) is 5.91 Å². The van der Waals surface area contributed by atoms with Crippen molar-refractivity contribution in [2.24, 2.45) is 0 Å². The Bertz CT molecular complexity index is 943. The fourth-order valence-corrected chi connectivity index (χ4v) is 3.44. The molecule has 3 aromatic carbocycles. The van der Waals surface area contributed by atoms with Gasteiger partial charge in [0.05, 0.1) is 0 Å². The summed E-state index contributed by atoms with van der Waals surface area (Å²) in [4.78, 5) is 11.6. The summed E-state index contributed by atoms with van der Waals surface area (Å²) in [5.74, 6) is 0.484. The van der Waals surface area contributed by atoms with Crippen molar-refractivity contribution in [3.05, 3.63) is 95.6 Å². The number of phenolic OH excluding ortho intramolecular Hbond substituents is 2. The van der Waals surface area contributed by atoms with E-state index in [0.717, 1.165) is 40.7 Å². The number of allylic oxidation sites excluding steroid dienone is 1. The van der Waals surface area contributed by atoms with Gasteiger partial charge in [-0.15, -0.1) is 0 Å². The van der Waals surface area contributed by atoms with Crippen LogP contribution in [0, 0.1) is 0 Å². The molecule has 0 aliphatic rings. The van der Waals surface area contributed by atoms with Crippen LogP contribution >= 0.6 is 0 Å². The van der Waals surface area contributed by atoms with E-state index >= 15 is 0 Å². The fraction of sp³-hybridized carbons (Fsp3) is 0.192. The molecule has 0 aliphatic carbocycles. The third kappa shape index (κ3) is 5.51. The van der Waals surface area contributed by atoms with Gasteiger partial charge in [0, 0.05) is 13.0 Å². The number of amides is 1. The van der Waals surface area contributed by atoms with Crippen LogP contribution in [-0.4, -0.2) is 22.7 Å². The molecule has 30 heavy (non-hydrogen) atoms. The summed E-state index contributed by atoms with van der Waals surface area (Å²) in [7, 11) is 0. The molecule has 3 N–H and O–H groups in total. The zero-order chi connectivity index (χ0) is 21.3. The maximum Gasteiger partial charge on any atom is 0.219 e. The predicted octanol–water partition coefficient (Wildman–Crippen LogP) is 5.36. The van der Waals surface area contributed by atoms with Crippen LogP contribution in [0.3, 0.4) is 0 Å². The van der Waals surface area contributed by atoms with Crippen LogP contribution in [-0.2, 0) is 4.79 Å². The molecule has 1 amide bonds. The Morgan fingerprint density at radius 3 is 1.80 bits per heavy atom. The van der Waals surface area contributed by atoms with E-state index in [2.05, 4.69) is 17.4 Å². The van der Waals surface area contributed by atoms with E-state index < -0.39 is 0 Å². The Labute approximate surface area is 177 Å². The highest BCUT2D eigenvalue weighted by Crippen LogP contribution is 2.36. The Morgan fingerprint density at radius 1 is 0.767 bits per heavy atom. The molecule has 0 bridgehead atoms. The first-order valence-corrected chi connectivity index (χ1v) is 10.2. The Balaban J connectivity index is 2.08. The summed E-state index contributed by atoms with van der Waals surface area (Å²) in [6.07, 6.45) is 2.05. The topological polar surface area (TPSA) is 69.6 Å². The van der Waals surface area contributed by atoms with Gasteiger partial charge in [0.15, 0.2) is 0 Å². The molecular formula is C26H27NO3. The first kappa shape index (κ1) is 21.2. The lowest BCUT2D eigenvalue weighted by molar-refractivity contribution is -0.120. The molecule has 0 radical (unpaired) electrons. The standard InChI is InChI=1S/C26H27NO3/c1-2-25(30)27-18-6-9-24(19-7-4-3-5-8-19)26(20-10-14-22(28)15-11-20)21-12-16-23(29)17-13-21/h3-5,7-8,10-17,28-29H,2,6,9,18H2,1H3,(H,27,30). The van der Waals surface area contributed by atoms with E-state index in [1.807, 2.05) is 49.4 Å². The van der Waals surface area contributed by atoms with Gasteiger partial charge in [0.25, 0.3) is 0 Å². The van der Waals surface area contributed by atoms with E-state index in [0.29, 0.717) is 13.0 Å². The maximum absolute atomic E-state index is 11.6. The van der Waals surface area contributed by atoms with Crippen molar-refractivity contribution < 1.29 is 15.0 Å². The van der Waals surface area contributed by atoms with Crippen LogP contribution in [0.2, 0.25) is 0 Å². The molecule has 0 fully saturated rings. The highest BCUT2D eigenvalue weighted by Gasteiger charge is 2.14. The molecule has 0 aromatic heterocycles. The minimum absolute atomic E-state index is 0.0533. The van der Waals surface area contributed by atoms with Crippen molar-refractivity contribution >= 4 is 17.1 Å². The molecule has 3 aromatic rings. The summed E-state index contributed by atoms with van der Waals surface area (Å²) in [5, 5.41) is 22.5. The van der Waals surface area contributed by atoms with Crippen LogP contribution in [0.25, 0.3) is 11.1 Å². The number of benzene rings is 3. The highest BCUT2D eigenvalue weighted by molar-refractivity contribution is 5.98. The van der Waals surface area contributed by atoms with Crippen LogP contribution in [0.15, 0.2) is 78.9 Å². The van der Waals surface area contributed by atoms with Crippen LogP contribution in [0.4, 0.5) is 0 Å². The van der Waals surface area contributed by atoms with Crippen LogP contribution < -0.4 is 5.32 Å². The molecule has 0 atom stereocenters. The van der Waals surface area contributed by atoms with E-state index in [1.54, 1.807) is 24.3 Å². The number of hydrogen-bond donors (Lipinski definition) is 3. The zero-order valence-corrected chi connectivity index (χ0v) is 17.1. The highest BCUT2D eigenvalue weighted by atomic mass is 16.3. The molecule has 0 unspecified atom stereocenters. The molecule has 154 valence electrons. The van der Waals surface area contributed by atoms with Crippen molar-refractivity contribution in [1.29, 1.82) is 0 Å². The van der Waals surface area contributed by atoms with E-state index in [4.69, 9.17) is 0 Å². The van der Waals surface area contributed by atoms with Crippen LogP contribution in [0.5, 0.6) is 11.5 Å². The second-order valence-electron chi connectivity index (χ2n) is 7.12. The second-order valence-corrected chi connectivity index (χ2v) is 7.12. The first-order valence-electron chi connectivity index (χ1n) is 10.2. The minimum Gasteiger partial charge on any atom is -0.508 e. The van der Waals surface area contributed by atoms with E-state index in [-0.39, 0.29) is 17.4 Å². The van der Waals surface area contributed by atoms with Crippen LogP contribution in [0.1, 0.15) is 42.9 Å². The quantitative estimate of drug-likeness (QED) is 0.351. The average molecular weight is 402 g/mol. The number of rotatable bonds is 8. The molecule has 0 saturated heterocycles. The van der Waals surface area contributed by atoms with E-state index in [1.165, 1.54) is 0 Å². The Kier molecular flexibility index (Phi) is 7.28. The lowest BCUT2D eigenvalue weighted by Gasteiger charge is -2.18. The van der Waals surface area contributed by atoms with Gasteiger partial charge in [-0.2, -0.15) is 0 Å². The average Bonchev–Trinajstić information content (AvgIpc) is 2.78. The van der Waals surface area contributed by atoms with Crippen molar-refractivity contribution in [2.45, 2.75) is 26.2 Å². The van der Waals surface area contributed by atoms with Crippen molar-refractivity contribution in [1.82, 2.24) is 5.32 Å². The molecule has 0 saturated carbocycles. The summed E-state index contributed by atoms with van der Waals surface area (Å²) in [6, 6.07) is 24.5. The maximum atomic E-state index is 11.6. The molecule has 0 aliphatic heterocycles. The Hall–Kier alpha value is -3.53. The second kappa shape index (κ2) is 10.3. The van der Waals surface area contributed by atoms with Crippen molar-refractivity contribution in [2.75, 3.05) is 6.54 Å². The summed E-state index contributed by atoms with van der Waals surface area (Å²) in [5.41, 5.74) is 5.26. The minimum atomic E-state index is 0.0533. The summed E-state index contributed by atoms with van der Waals surface area (Å²) < 4.78 is 0. The predicted molar refractivity (Wildman–Crippen MR) is 121 cm³/mol. The lowest BCUT2D eigenvalue weighted by Crippen LogP contribution is -2.23. The summed E-state index contributed by atoms with van der Waals surface area (Å²) >= 11 is 0. The molecule has 3 rings (SSSR count). The fourth-order valence-electron chi connectivity index (χ4n) is 3.44. The normalized spacial score (nSPS) is 10.4. The Morgan fingerprint density at radius 2 is 1.30 bits per heavy atom. The number of carbonyl (C=O) groups excluding carboxylic acids is 1. The van der Waals surface area contributed by atoms with Crippen molar-refractivity contribution in [3.63, 3.8) is 0 Å². The number of carbonyl (C=O) groups is 1. The molecule has 4 nitrogen and oxygen atoms in total. The molecule has 0 heterocycles. The third-order valence-electron chi connectivity index (χ3n) is 4.98. The van der Waals surface area contributed by atoms with Gasteiger partial charge in [-0.1, -0.05) is 61.5 Å². The lowest BCUT2D eigenvalue weighted by atomic mass is 9.87. The molecule has 0 spiro atoms. The first-order chi connectivity index (χ1) is 14.6. The number of aromatic hydroxyl groups is 2. The van der Waals surface area contributed by atoms with Gasteiger partial charge in [-0.25, -0.2) is 0 Å². The third-order valence-corrected chi connectivity index (χ3v) is 4.98. The van der Waals surface area contributed by atoms with Gasteiger partial charge in [-0.3, -0.25) is 4.79 Å².